The highest BCUT2D eigenvalue weighted by Gasteiger charge is 2.16. The van der Waals surface area contributed by atoms with Crippen molar-refractivity contribution < 1.29 is 4.39 Å². The van der Waals surface area contributed by atoms with Crippen molar-refractivity contribution in [3.05, 3.63) is 27.7 Å². The second-order valence-corrected chi connectivity index (χ2v) is 6.12. The molecule has 0 aliphatic heterocycles. The van der Waals surface area contributed by atoms with Crippen LogP contribution in [0.15, 0.2) is 12.1 Å². The number of nitrogens with zero attached hydrogens (tertiary/aromatic N) is 1. The van der Waals surface area contributed by atoms with Gasteiger partial charge in [-0.1, -0.05) is 30.9 Å². The van der Waals surface area contributed by atoms with E-state index in [-0.39, 0.29) is 10.8 Å². The van der Waals surface area contributed by atoms with Crippen LogP contribution in [0.4, 0.5) is 4.39 Å². The standard InChI is InChI=1S/C14H16ClFN2S/c15-10-6-12-13(7-11(10)16)18(14(19)17-12)8-9-4-2-1-3-5-9/h6-7,9H,1-5,8H2,(H,17,19). The summed E-state index contributed by atoms with van der Waals surface area (Å²) in [5, 5.41) is 0.133. The van der Waals surface area contributed by atoms with Crippen LogP contribution in [0.5, 0.6) is 0 Å². The van der Waals surface area contributed by atoms with Crippen molar-refractivity contribution in [2.45, 2.75) is 38.6 Å². The van der Waals surface area contributed by atoms with Crippen molar-refractivity contribution in [1.29, 1.82) is 0 Å². The molecule has 1 aromatic carbocycles. The Morgan fingerprint density at radius 2 is 2.05 bits per heavy atom. The highest BCUT2D eigenvalue weighted by molar-refractivity contribution is 7.71. The zero-order valence-corrected chi connectivity index (χ0v) is 12.2. The van der Waals surface area contributed by atoms with Gasteiger partial charge in [-0.15, -0.1) is 0 Å². The Hall–Kier alpha value is -0.870. The summed E-state index contributed by atoms with van der Waals surface area (Å²) in [5.74, 6) is 0.263. The third kappa shape index (κ3) is 2.56. The maximum atomic E-state index is 13.6. The Kier molecular flexibility index (Phi) is 3.63. The molecule has 0 amide bonds. The monoisotopic (exact) mass is 298 g/mol. The number of nitrogens with one attached hydrogen (secondary N) is 1. The molecule has 2 aromatic rings. The summed E-state index contributed by atoms with van der Waals surface area (Å²) in [7, 11) is 0. The van der Waals surface area contributed by atoms with Gasteiger partial charge >= 0.3 is 0 Å². The van der Waals surface area contributed by atoms with Crippen LogP contribution in [-0.2, 0) is 6.54 Å². The van der Waals surface area contributed by atoms with Gasteiger partial charge in [0.1, 0.15) is 5.82 Å². The zero-order chi connectivity index (χ0) is 13.4. The summed E-state index contributed by atoms with van der Waals surface area (Å²) in [4.78, 5) is 3.11. The Bertz CT molecular complexity index is 655. The number of hydrogen-bond acceptors (Lipinski definition) is 1. The summed E-state index contributed by atoms with van der Waals surface area (Å²) in [6, 6.07) is 3.09. The van der Waals surface area contributed by atoms with Crippen LogP contribution in [0.3, 0.4) is 0 Å². The van der Waals surface area contributed by atoms with Crippen molar-refractivity contribution in [2.24, 2.45) is 5.92 Å². The fourth-order valence-electron chi connectivity index (χ4n) is 2.96. The highest BCUT2D eigenvalue weighted by Crippen LogP contribution is 2.28. The van der Waals surface area contributed by atoms with Gasteiger partial charge in [0.15, 0.2) is 4.77 Å². The fourth-order valence-corrected chi connectivity index (χ4v) is 3.41. The van der Waals surface area contributed by atoms with E-state index in [9.17, 15) is 4.39 Å². The molecule has 5 heteroatoms. The quantitative estimate of drug-likeness (QED) is 0.768. The lowest BCUT2D eigenvalue weighted by atomic mass is 9.89. The molecule has 102 valence electrons. The van der Waals surface area contributed by atoms with Gasteiger partial charge in [0, 0.05) is 12.6 Å². The molecule has 0 atom stereocenters. The van der Waals surface area contributed by atoms with E-state index >= 15 is 0 Å². The van der Waals surface area contributed by atoms with Gasteiger partial charge in [0.05, 0.1) is 16.1 Å². The molecule has 0 bridgehead atoms. The number of fused-ring (bicyclic) bond motifs is 1. The van der Waals surface area contributed by atoms with Crippen molar-refractivity contribution in [2.75, 3.05) is 0 Å². The second-order valence-electron chi connectivity index (χ2n) is 5.33. The normalized spacial score (nSPS) is 17.2. The van der Waals surface area contributed by atoms with E-state index in [2.05, 4.69) is 4.98 Å². The average Bonchev–Trinajstić information content (AvgIpc) is 2.68. The van der Waals surface area contributed by atoms with Crippen LogP contribution >= 0.6 is 23.8 Å². The van der Waals surface area contributed by atoms with Gasteiger partial charge in [-0.3, -0.25) is 0 Å². The second kappa shape index (κ2) is 5.25. The lowest BCUT2D eigenvalue weighted by Gasteiger charge is -2.22. The van der Waals surface area contributed by atoms with E-state index in [1.807, 2.05) is 4.57 Å². The number of imidazole rings is 1. The summed E-state index contributed by atoms with van der Waals surface area (Å²) >= 11 is 11.2. The predicted octanol–water partition coefficient (Wildman–Crippen LogP) is 5.07. The minimum absolute atomic E-state index is 0.133. The van der Waals surface area contributed by atoms with Crippen molar-refractivity contribution >= 4 is 34.9 Å². The minimum atomic E-state index is -0.388. The van der Waals surface area contributed by atoms with Gasteiger partial charge in [0.2, 0.25) is 0 Å². The van der Waals surface area contributed by atoms with Crippen molar-refractivity contribution in [3.8, 4) is 0 Å². The van der Waals surface area contributed by atoms with Gasteiger partial charge in [-0.2, -0.15) is 0 Å². The zero-order valence-electron chi connectivity index (χ0n) is 10.6. The van der Waals surface area contributed by atoms with Crippen LogP contribution in [0, 0.1) is 16.5 Å². The van der Waals surface area contributed by atoms with E-state index in [4.69, 9.17) is 23.8 Å². The summed E-state index contributed by atoms with van der Waals surface area (Å²) in [5.41, 5.74) is 1.63. The van der Waals surface area contributed by atoms with Crippen molar-refractivity contribution in [3.63, 3.8) is 0 Å². The van der Waals surface area contributed by atoms with E-state index in [0.717, 1.165) is 17.6 Å². The Morgan fingerprint density at radius 1 is 1.32 bits per heavy atom. The minimum Gasteiger partial charge on any atom is -0.331 e. The molecule has 3 rings (SSSR count). The third-order valence-electron chi connectivity index (χ3n) is 3.98. The molecule has 1 saturated carbocycles. The number of aromatic nitrogens is 2. The lowest BCUT2D eigenvalue weighted by molar-refractivity contribution is 0.321. The fraction of sp³-hybridized carbons (Fsp3) is 0.500. The molecule has 0 unspecified atom stereocenters. The van der Waals surface area contributed by atoms with Crippen LogP contribution in [0.2, 0.25) is 5.02 Å². The molecule has 1 heterocycles. The van der Waals surface area contributed by atoms with Gasteiger partial charge in [0.25, 0.3) is 0 Å². The topological polar surface area (TPSA) is 20.7 Å². The van der Waals surface area contributed by atoms with Crippen LogP contribution in [-0.4, -0.2) is 9.55 Å². The number of rotatable bonds is 2. The molecule has 19 heavy (non-hydrogen) atoms. The lowest BCUT2D eigenvalue weighted by Crippen LogP contribution is -2.14. The number of hydrogen-bond donors (Lipinski definition) is 1. The molecule has 1 aromatic heterocycles. The van der Waals surface area contributed by atoms with Crippen molar-refractivity contribution in [1.82, 2.24) is 9.55 Å². The highest BCUT2D eigenvalue weighted by atomic mass is 35.5. The molecular weight excluding hydrogens is 283 g/mol. The first-order valence-corrected chi connectivity index (χ1v) is 7.51. The number of H-pyrrole nitrogens is 1. The molecule has 0 radical (unpaired) electrons. The van der Waals surface area contributed by atoms with Crippen LogP contribution < -0.4 is 0 Å². The largest absolute Gasteiger partial charge is 0.331 e. The molecule has 0 saturated heterocycles. The molecule has 1 aliphatic carbocycles. The van der Waals surface area contributed by atoms with Crippen LogP contribution in [0.1, 0.15) is 32.1 Å². The molecule has 1 N–H and O–H groups in total. The van der Waals surface area contributed by atoms with E-state index in [1.54, 1.807) is 6.07 Å². The summed E-state index contributed by atoms with van der Waals surface area (Å²) < 4.78 is 16.3. The maximum absolute atomic E-state index is 13.6. The summed E-state index contributed by atoms with van der Waals surface area (Å²) in [6.45, 7) is 0.875. The summed E-state index contributed by atoms with van der Waals surface area (Å²) in [6.07, 6.45) is 6.40. The Morgan fingerprint density at radius 3 is 2.79 bits per heavy atom. The van der Waals surface area contributed by atoms with Gasteiger partial charge in [-0.05, 0) is 37.0 Å². The first-order chi connectivity index (χ1) is 9.15. The van der Waals surface area contributed by atoms with E-state index < -0.39 is 0 Å². The van der Waals surface area contributed by atoms with Gasteiger partial charge in [-0.25, -0.2) is 4.39 Å². The molecular formula is C14H16ClFN2S. The third-order valence-corrected chi connectivity index (χ3v) is 4.59. The van der Waals surface area contributed by atoms with E-state index in [0.29, 0.717) is 10.7 Å². The SMILES string of the molecule is Fc1cc2c(cc1Cl)[nH]c(=S)n2CC1CCCCC1. The Balaban J connectivity index is 2.00. The number of halogens is 2. The molecule has 2 nitrogen and oxygen atoms in total. The van der Waals surface area contributed by atoms with E-state index in [1.165, 1.54) is 38.2 Å². The maximum Gasteiger partial charge on any atom is 0.178 e. The van der Waals surface area contributed by atoms with Gasteiger partial charge < -0.3 is 9.55 Å². The first-order valence-electron chi connectivity index (χ1n) is 6.72. The Labute approximate surface area is 121 Å². The first kappa shape index (κ1) is 13.1. The van der Waals surface area contributed by atoms with Crippen LogP contribution in [0.25, 0.3) is 11.0 Å². The smallest absolute Gasteiger partial charge is 0.178 e. The number of aromatic amines is 1. The predicted molar refractivity (Wildman–Crippen MR) is 78.7 cm³/mol. The number of benzene rings is 1. The molecule has 1 aliphatic rings. The molecule has 1 fully saturated rings. The molecule has 0 spiro atoms. The average molecular weight is 299 g/mol.